The van der Waals surface area contributed by atoms with Crippen LogP contribution in [0, 0.1) is 0 Å². The molecule has 0 aromatic rings. The van der Waals surface area contributed by atoms with Crippen molar-refractivity contribution < 1.29 is 9.53 Å². The van der Waals surface area contributed by atoms with Gasteiger partial charge in [0, 0.05) is 32.1 Å². The zero-order valence-corrected chi connectivity index (χ0v) is 9.73. The molecule has 1 atom stereocenters. The predicted octanol–water partition coefficient (Wildman–Crippen LogP) is 0.220. The Bertz CT molecular complexity index is 154. The van der Waals surface area contributed by atoms with E-state index in [4.69, 9.17) is 10.5 Å². The van der Waals surface area contributed by atoms with Gasteiger partial charge < -0.3 is 15.8 Å². The molecule has 84 valence electrons. The van der Waals surface area contributed by atoms with Crippen LogP contribution >= 0.6 is 11.8 Å². The lowest BCUT2D eigenvalue weighted by molar-refractivity contribution is -0.118. The SMILES string of the molecule is COCCCNC(=O)CSCC(C)N. The number of nitrogens with one attached hydrogen (secondary N) is 1. The molecule has 0 radical (unpaired) electrons. The molecule has 4 nitrogen and oxygen atoms in total. The molecule has 0 aromatic heterocycles. The Hall–Kier alpha value is -0.260. The molecule has 0 aliphatic rings. The van der Waals surface area contributed by atoms with E-state index in [1.807, 2.05) is 6.92 Å². The summed E-state index contributed by atoms with van der Waals surface area (Å²) >= 11 is 1.56. The maximum atomic E-state index is 11.2. The summed E-state index contributed by atoms with van der Waals surface area (Å²) in [6.45, 7) is 3.31. The molecule has 1 amide bonds. The minimum absolute atomic E-state index is 0.0757. The van der Waals surface area contributed by atoms with E-state index in [0.717, 1.165) is 12.2 Å². The van der Waals surface area contributed by atoms with E-state index >= 15 is 0 Å². The van der Waals surface area contributed by atoms with Crippen LogP contribution in [0.15, 0.2) is 0 Å². The van der Waals surface area contributed by atoms with Crippen molar-refractivity contribution in [3.8, 4) is 0 Å². The highest BCUT2D eigenvalue weighted by atomic mass is 32.2. The first-order chi connectivity index (χ1) is 6.66. The van der Waals surface area contributed by atoms with Crippen molar-refractivity contribution in [2.75, 3.05) is 31.8 Å². The largest absolute Gasteiger partial charge is 0.385 e. The van der Waals surface area contributed by atoms with Gasteiger partial charge in [-0.25, -0.2) is 0 Å². The number of carbonyl (C=O) groups is 1. The van der Waals surface area contributed by atoms with Crippen LogP contribution in [0.5, 0.6) is 0 Å². The van der Waals surface area contributed by atoms with E-state index in [0.29, 0.717) is 18.9 Å². The van der Waals surface area contributed by atoms with Crippen LogP contribution in [-0.4, -0.2) is 43.7 Å². The van der Waals surface area contributed by atoms with Crippen molar-refractivity contribution >= 4 is 17.7 Å². The van der Waals surface area contributed by atoms with Crippen molar-refractivity contribution in [1.82, 2.24) is 5.32 Å². The van der Waals surface area contributed by atoms with Crippen molar-refractivity contribution in [3.63, 3.8) is 0 Å². The van der Waals surface area contributed by atoms with Crippen LogP contribution in [0.2, 0.25) is 0 Å². The summed E-state index contributed by atoms with van der Waals surface area (Å²) in [7, 11) is 1.65. The van der Waals surface area contributed by atoms with Gasteiger partial charge in [-0.1, -0.05) is 0 Å². The summed E-state index contributed by atoms with van der Waals surface area (Å²) in [5, 5.41) is 2.81. The minimum atomic E-state index is 0.0757. The van der Waals surface area contributed by atoms with Gasteiger partial charge >= 0.3 is 0 Å². The molecule has 1 unspecified atom stereocenters. The quantitative estimate of drug-likeness (QED) is 0.574. The Balaban J connectivity index is 3.20. The smallest absolute Gasteiger partial charge is 0.229 e. The fourth-order valence-electron chi connectivity index (χ4n) is 0.833. The molecule has 0 saturated carbocycles. The average Bonchev–Trinajstić information content (AvgIpc) is 2.12. The van der Waals surface area contributed by atoms with Crippen LogP contribution < -0.4 is 11.1 Å². The van der Waals surface area contributed by atoms with E-state index < -0.39 is 0 Å². The number of ether oxygens (including phenoxy) is 1. The summed E-state index contributed by atoms with van der Waals surface area (Å²) in [5.41, 5.74) is 5.55. The van der Waals surface area contributed by atoms with Crippen molar-refractivity contribution in [2.24, 2.45) is 5.73 Å². The molecule has 0 heterocycles. The number of carbonyl (C=O) groups excluding carboxylic acids is 1. The average molecular weight is 220 g/mol. The van der Waals surface area contributed by atoms with Gasteiger partial charge in [0.05, 0.1) is 5.75 Å². The summed E-state index contributed by atoms with van der Waals surface area (Å²) < 4.78 is 4.86. The Morgan fingerprint density at radius 1 is 1.64 bits per heavy atom. The highest BCUT2D eigenvalue weighted by molar-refractivity contribution is 7.99. The van der Waals surface area contributed by atoms with Crippen LogP contribution in [-0.2, 0) is 9.53 Å². The number of hydrogen-bond acceptors (Lipinski definition) is 4. The molecule has 0 aliphatic heterocycles. The van der Waals surface area contributed by atoms with Crippen LogP contribution in [0.4, 0.5) is 0 Å². The number of rotatable bonds is 8. The normalized spacial score (nSPS) is 12.5. The molecule has 0 spiro atoms. The lowest BCUT2D eigenvalue weighted by atomic mass is 10.4. The lowest BCUT2D eigenvalue weighted by Gasteiger charge is -2.06. The van der Waals surface area contributed by atoms with Crippen LogP contribution in [0.25, 0.3) is 0 Å². The third-order valence-corrected chi connectivity index (χ3v) is 2.69. The Kier molecular flexibility index (Phi) is 9.13. The standard InChI is InChI=1S/C9H20N2O2S/c1-8(10)6-14-7-9(12)11-4-3-5-13-2/h8H,3-7,10H2,1-2H3,(H,11,12). The monoisotopic (exact) mass is 220 g/mol. The molecule has 5 heteroatoms. The number of hydrogen-bond donors (Lipinski definition) is 2. The predicted molar refractivity (Wildman–Crippen MR) is 60.5 cm³/mol. The van der Waals surface area contributed by atoms with E-state index in [1.54, 1.807) is 18.9 Å². The Labute approximate surface area is 89.9 Å². The van der Waals surface area contributed by atoms with Gasteiger partial charge in [0.25, 0.3) is 0 Å². The second kappa shape index (κ2) is 9.30. The second-order valence-electron chi connectivity index (χ2n) is 3.19. The molecular weight excluding hydrogens is 200 g/mol. The highest BCUT2D eigenvalue weighted by Gasteiger charge is 2.01. The zero-order valence-electron chi connectivity index (χ0n) is 8.91. The third kappa shape index (κ3) is 9.83. The van der Waals surface area contributed by atoms with Crippen molar-refractivity contribution in [2.45, 2.75) is 19.4 Å². The van der Waals surface area contributed by atoms with Gasteiger partial charge in [0.15, 0.2) is 0 Å². The van der Waals surface area contributed by atoms with Crippen LogP contribution in [0.3, 0.4) is 0 Å². The first kappa shape index (κ1) is 13.7. The van der Waals surface area contributed by atoms with Crippen molar-refractivity contribution in [3.05, 3.63) is 0 Å². The molecule has 0 rings (SSSR count). The van der Waals surface area contributed by atoms with Gasteiger partial charge in [-0.3, -0.25) is 4.79 Å². The summed E-state index contributed by atoms with van der Waals surface area (Å²) in [6.07, 6.45) is 0.861. The van der Waals surface area contributed by atoms with Crippen LogP contribution in [0.1, 0.15) is 13.3 Å². The fourth-order valence-corrected chi connectivity index (χ4v) is 1.61. The van der Waals surface area contributed by atoms with Gasteiger partial charge in [0.1, 0.15) is 0 Å². The van der Waals surface area contributed by atoms with E-state index in [-0.39, 0.29) is 11.9 Å². The number of nitrogens with two attached hydrogens (primary N) is 1. The molecule has 0 bridgehead atoms. The fraction of sp³-hybridized carbons (Fsp3) is 0.889. The summed E-state index contributed by atoms with van der Waals surface area (Å²) in [6, 6.07) is 0.154. The second-order valence-corrected chi connectivity index (χ2v) is 4.22. The maximum absolute atomic E-state index is 11.2. The Morgan fingerprint density at radius 3 is 2.93 bits per heavy atom. The highest BCUT2D eigenvalue weighted by Crippen LogP contribution is 2.00. The number of methoxy groups -OCH3 is 1. The number of amides is 1. The van der Waals surface area contributed by atoms with Gasteiger partial charge in [-0.2, -0.15) is 11.8 Å². The number of thioether (sulfide) groups is 1. The van der Waals surface area contributed by atoms with Gasteiger partial charge in [-0.15, -0.1) is 0 Å². The molecule has 14 heavy (non-hydrogen) atoms. The molecular formula is C9H20N2O2S. The topological polar surface area (TPSA) is 64.3 Å². The molecule has 0 fully saturated rings. The van der Waals surface area contributed by atoms with Gasteiger partial charge in [0.2, 0.25) is 5.91 Å². The Morgan fingerprint density at radius 2 is 2.36 bits per heavy atom. The lowest BCUT2D eigenvalue weighted by Crippen LogP contribution is -2.28. The zero-order chi connectivity index (χ0) is 10.8. The van der Waals surface area contributed by atoms with E-state index in [2.05, 4.69) is 5.32 Å². The third-order valence-electron chi connectivity index (χ3n) is 1.46. The van der Waals surface area contributed by atoms with Gasteiger partial charge in [-0.05, 0) is 13.3 Å². The first-order valence-corrected chi connectivity index (χ1v) is 5.91. The molecule has 0 saturated heterocycles. The van der Waals surface area contributed by atoms with E-state index in [1.165, 1.54) is 0 Å². The maximum Gasteiger partial charge on any atom is 0.229 e. The summed E-state index contributed by atoms with van der Waals surface area (Å²) in [4.78, 5) is 11.2. The molecule has 3 N–H and O–H groups in total. The van der Waals surface area contributed by atoms with Crippen molar-refractivity contribution in [1.29, 1.82) is 0 Å². The first-order valence-electron chi connectivity index (χ1n) is 4.75. The molecule has 0 aliphatic carbocycles. The minimum Gasteiger partial charge on any atom is -0.385 e. The summed E-state index contributed by atoms with van der Waals surface area (Å²) in [5.74, 6) is 1.40. The molecule has 0 aromatic carbocycles. The van der Waals surface area contributed by atoms with E-state index in [9.17, 15) is 4.79 Å².